The van der Waals surface area contributed by atoms with Crippen LogP contribution >= 0.6 is 0 Å². The van der Waals surface area contributed by atoms with Gasteiger partial charge in [0.25, 0.3) is 0 Å². The summed E-state index contributed by atoms with van der Waals surface area (Å²) in [5, 5.41) is 0. The van der Waals surface area contributed by atoms with Gasteiger partial charge < -0.3 is 15.2 Å². The third kappa shape index (κ3) is 2.80. The minimum Gasteiger partial charge on any atom is -0.496 e. The number of hydrogen-bond acceptors (Lipinski definition) is 4. The second-order valence-corrected chi connectivity index (χ2v) is 2.63. The van der Waals surface area contributed by atoms with Gasteiger partial charge in [0, 0.05) is 11.8 Å². The second kappa shape index (κ2) is 4.59. The summed E-state index contributed by atoms with van der Waals surface area (Å²) in [5.41, 5.74) is 5.69. The summed E-state index contributed by atoms with van der Waals surface area (Å²) in [4.78, 5) is 11.1. The van der Waals surface area contributed by atoms with Crippen LogP contribution in [0.25, 0.3) is 0 Å². The number of esters is 1. The molecule has 4 nitrogen and oxygen atoms in total. The molecule has 0 radical (unpaired) electrons. The number of anilines is 1. The van der Waals surface area contributed by atoms with E-state index >= 15 is 0 Å². The van der Waals surface area contributed by atoms with Crippen molar-refractivity contribution in [1.82, 2.24) is 0 Å². The summed E-state index contributed by atoms with van der Waals surface area (Å²) in [6.45, 7) is -3.15. The molecule has 0 bridgehead atoms. The molecule has 0 aliphatic carbocycles. The number of nitrogen functional groups attached to an aromatic ring is 1. The van der Waals surface area contributed by atoms with Crippen LogP contribution in [-0.2, 0) is 4.74 Å². The van der Waals surface area contributed by atoms with Gasteiger partial charge in [0.05, 0.1) is 7.11 Å². The molecule has 1 rings (SSSR count). The van der Waals surface area contributed by atoms with Crippen LogP contribution < -0.4 is 10.5 Å². The molecule has 0 heterocycles. The Morgan fingerprint density at radius 2 is 2.13 bits per heavy atom. The van der Waals surface area contributed by atoms with Crippen molar-refractivity contribution in [3.63, 3.8) is 0 Å². The summed E-state index contributed by atoms with van der Waals surface area (Å²) in [5.74, 6) is -1.05. The fraction of sp³-hybridized carbons (Fsp3) is 0.222. The average Bonchev–Trinajstić information content (AvgIpc) is 2.16. The average molecular weight is 217 g/mol. The fourth-order valence-corrected chi connectivity index (χ4v) is 1.02. The maximum absolute atomic E-state index is 11.8. The number of halogens is 2. The molecule has 0 fully saturated rings. The number of ether oxygens (including phenoxy) is 2. The van der Waals surface area contributed by atoms with Gasteiger partial charge in [0.1, 0.15) is 11.3 Å². The number of carbonyl (C=O) groups excluding carboxylic acids is 1. The van der Waals surface area contributed by atoms with E-state index in [0.29, 0.717) is 5.69 Å². The van der Waals surface area contributed by atoms with E-state index in [1.165, 1.54) is 25.3 Å². The molecule has 0 atom stereocenters. The molecule has 0 saturated heterocycles. The first-order valence-corrected chi connectivity index (χ1v) is 3.97. The van der Waals surface area contributed by atoms with Gasteiger partial charge in [-0.25, -0.2) is 4.79 Å². The van der Waals surface area contributed by atoms with Crippen LogP contribution in [0.2, 0.25) is 0 Å². The molecule has 0 unspecified atom stereocenters. The van der Waals surface area contributed by atoms with Crippen molar-refractivity contribution in [2.45, 2.75) is 6.61 Å². The van der Waals surface area contributed by atoms with E-state index in [-0.39, 0.29) is 11.3 Å². The Kier molecular flexibility index (Phi) is 3.43. The Bertz CT molecular complexity index is 368. The summed E-state index contributed by atoms with van der Waals surface area (Å²) in [6.07, 6.45) is 0. The van der Waals surface area contributed by atoms with Crippen LogP contribution in [-0.4, -0.2) is 19.7 Å². The van der Waals surface area contributed by atoms with Crippen molar-refractivity contribution in [1.29, 1.82) is 0 Å². The number of nitrogens with two attached hydrogens (primary N) is 1. The monoisotopic (exact) mass is 217 g/mol. The molecule has 82 valence electrons. The molecule has 0 aliphatic heterocycles. The van der Waals surface area contributed by atoms with Crippen molar-refractivity contribution in [3.05, 3.63) is 23.8 Å². The predicted molar refractivity (Wildman–Crippen MR) is 48.8 cm³/mol. The lowest BCUT2D eigenvalue weighted by molar-refractivity contribution is -0.0907. The van der Waals surface area contributed by atoms with E-state index in [0.717, 1.165) is 0 Å². The van der Waals surface area contributed by atoms with Crippen molar-refractivity contribution >= 4 is 11.7 Å². The molecule has 0 aliphatic rings. The van der Waals surface area contributed by atoms with E-state index in [1.807, 2.05) is 0 Å². The molecule has 0 amide bonds. The Morgan fingerprint density at radius 3 is 2.67 bits per heavy atom. The number of rotatable bonds is 3. The van der Waals surface area contributed by atoms with Crippen LogP contribution in [0.3, 0.4) is 0 Å². The van der Waals surface area contributed by atoms with Gasteiger partial charge >= 0.3 is 12.6 Å². The third-order valence-corrected chi connectivity index (χ3v) is 1.64. The lowest BCUT2D eigenvalue weighted by atomic mass is 10.2. The Hall–Kier alpha value is -1.85. The Balaban J connectivity index is 2.97. The van der Waals surface area contributed by atoms with Crippen LogP contribution in [0.4, 0.5) is 14.5 Å². The number of benzene rings is 1. The SMILES string of the molecule is COc1cc(N)ccc1C(=O)OC(F)F. The van der Waals surface area contributed by atoms with E-state index in [9.17, 15) is 13.6 Å². The summed E-state index contributed by atoms with van der Waals surface area (Å²) < 4.78 is 32.1. The highest BCUT2D eigenvalue weighted by atomic mass is 19.3. The molecule has 15 heavy (non-hydrogen) atoms. The molecule has 1 aromatic rings. The minimum absolute atomic E-state index is 0.0907. The zero-order valence-corrected chi connectivity index (χ0v) is 7.87. The van der Waals surface area contributed by atoms with Crippen LogP contribution in [0, 0.1) is 0 Å². The van der Waals surface area contributed by atoms with Crippen molar-refractivity contribution in [3.8, 4) is 5.75 Å². The molecular formula is C9H9F2NO3. The Morgan fingerprint density at radius 1 is 1.47 bits per heavy atom. The van der Waals surface area contributed by atoms with Crippen molar-refractivity contribution in [2.75, 3.05) is 12.8 Å². The maximum atomic E-state index is 11.8. The number of alkyl halides is 2. The topological polar surface area (TPSA) is 61.5 Å². The van der Waals surface area contributed by atoms with E-state index in [1.54, 1.807) is 0 Å². The molecular weight excluding hydrogens is 208 g/mol. The zero-order valence-electron chi connectivity index (χ0n) is 7.87. The maximum Gasteiger partial charge on any atom is 0.389 e. The summed E-state index contributed by atoms with van der Waals surface area (Å²) >= 11 is 0. The van der Waals surface area contributed by atoms with Gasteiger partial charge in [0.2, 0.25) is 0 Å². The molecule has 0 spiro atoms. The largest absolute Gasteiger partial charge is 0.496 e. The lowest BCUT2D eigenvalue weighted by Gasteiger charge is -2.08. The molecule has 2 N–H and O–H groups in total. The summed E-state index contributed by atoms with van der Waals surface area (Å²) in [6, 6.07) is 4.01. The number of hydrogen-bond donors (Lipinski definition) is 1. The lowest BCUT2D eigenvalue weighted by Crippen LogP contribution is -2.11. The highest BCUT2D eigenvalue weighted by Crippen LogP contribution is 2.22. The number of methoxy groups -OCH3 is 1. The number of carbonyl (C=O) groups is 1. The second-order valence-electron chi connectivity index (χ2n) is 2.63. The highest BCUT2D eigenvalue weighted by molar-refractivity contribution is 5.93. The molecule has 6 heteroatoms. The fourth-order valence-electron chi connectivity index (χ4n) is 1.02. The van der Waals surface area contributed by atoms with Crippen LogP contribution in [0.15, 0.2) is 18.2 Å². The normalized spacial score (nSPS) is 10.1. The van der Waals surface area contributed by atoms with Crippen LogP contribution in [0.5, 0.6) is 5.75 Å². The first-order chi connectivity index (χ1) is 7.04. The van der Waals surface area contributed by atoms with E-state index in [2.05, 4.69) is 4.74 Å². The van der Waals surface area contributed by atoms with Crippen molar-refractivity contribution < 1.29 is 23.0 Å². The standard InChI is InChI=1S/C9H9F2NO3/c1-14-7-4-5(12)2-3-6(7)8(13)15-9(10)11/h2-4,9H,12H2,1H3. The van der Waals surface area contributed by atoms with E-state index < -0.39 is 12.6 Å². The van der Waals surface area contributed by atoms with Gasteiger partial charge in [-0.1, -0.05) is 0 Å². The highest BCUT2D eigenvalue weighted by Gasteiger charge is 2.17. The molecule has 0 aromatic heterocycles. The quantitative estimate of drug-likeness (QED) is 0.617. The zero-order chi connectivity index (χ0) is 11.4. The third-order valence-electron chi connectivity index (χ3n) is 1.64. The molecule has 1 aromatic carbocycles. The predicted octanol–water partition coefficient (Wildman–Crippen LogP) is 1.66. The Labute approximate surface area is 84.6 Å². The summed E-state index contributed by atoms with van der Waals surface area (Å²) in [7, 11) is 1.30. The van der Waals surface area contributed by atoms with Crippen molar-refractivity contribution in [2.24, 2.45) is 0 Å². The van der Waals surface area contributed by atoms with Crippen LogP contribution in [0.1, 0.15) is 10.4 Å². The van der Waals surface area contributed by atoms with Gasteiger partial charge in [-0.15, -0.1) is 0 Å². The van der Waals surface area contributed by atoms with E-state index in [4.69, 9.17) is 10.5 Å². The first-order valence-electron chi connectivity index (χ1n) is 3.97. The van der Waals surface area contributed by atoms with Gasteiger partial charge in [-0.3, -0.25) is 0 Å². The van der Waals surface area contributed by atoms with Gasteiger partial charge in [0.15, 0.2) is 0 Å². The van der Waals surface area contributed by atoms with Gasteiger partial charge in [-0.2, -0.15) is 8.78 Å². The molecule has 0 saturated carbocycles. The van der Waals surface area contributed by atoms with Gasteiger partial charge in [-0.05, 0) is 12.1 Å². The first kappa shape index (κ1) is 11.2. The minimum atomic E-state index is -3.15. The smallest absolute Gasteiger partial charge is 0.389 e.